The van der Waals surface area contributed by atoms with Gasteiger partial charge in [-0.1, -0.05) is 19.3 Å². The van der Waals surface area contributed by atoms with E-state index in [-0.39, 0.29) is 0 Å². The van der Waals surface area contributed by atoms with Gasteiger partial charge in [-0.2, -0.15) is 11.8 Å². The summed E-state index contributed by atoms with van der Waals surface area (Å²) in [6.07, 6.45) is 10.1. The summed E-state index contributed by atoms with van der Waals surface area (Å²) in [6.45, 7) is 1.92. The molecule has 4 heteroatoms. The van der Waals surface area contributed by atoms with Gasteiger partial charge in [0.25, 0.3) is 0 Å². The van der Waals surface area contributed by atoms with E-state index in [0.29, 0.717) is 6.42 Å². The van der Waals surface area contributed by atoms with Gasteiger partial charge >= 0.3 is 5.97 Å². The van der Waals surface area contributed by atoms with Crippen molar-refractivity contribution in [3.63, 3.8) is 0 Å². The first kappa shape index (κ1) is 17.1. The second kappa shape index (κ2) is 9.73. The Hall–Kier alpha value is -0.220. The van der Waals surface area contributed by atoms with Crippen LogP contribution in [0.2, 0.25) is 0 Å². The minimum absolute atomic E-state index is 0.327. The van der Waals surface area contributed by atoms with Crippen LogP contribution in [0.3, 0.4) is 0 Å². The zero-order valence-corrected chi connectivity index (χ0v) is 13.9. The van der Waals surface area contributed by atoms with Crippen LogP contribution in [0.5, 0.6) is 0 Å². The van der Waals surface area contributed by atoms with E-state index in [1.165, 1.54) is 50.0 Å². The van der Waals surface area contributed by atoms with Crippen LogP contribution in [0, 0.1) is 17.8 Å². The van der Waals surface area contributed by atoms with Crippen LogP contribution in [-0.4, -0.2) is 35.8 Å². The Labute approximate surface area is 133 Å². The van der Waals surface area contributed by atoms with Crippen LogP contribution >= 0.6 is 11.8 Å². The molecule has 0 spiro atoms. The molecular formula is C17H30O3S. The fraction of sp³-hybridized carbons (Fsp3) is 0.941. The third-order valence-corrected chi connectivity index (χ3v) is 5.96. The molecule has 1 aliphatic carbocycles. The quantitative estimate of drug-likeness (QED) is 0.548. The lowest BCUT2D eigenvalue weighted by Gasteiger charge is -2.17. The third-order valence-electron chi connectivity index (χ3n) is 4.73. The van der Waals surface area contributed by atoms with Crippen LogP contribution in [0.15, 0.2) is 0 Å². The number of hydrogen-bond donors (Lipinski definition) is 1. The zero-order chi connectivity index (χ0) is 14.9. The standard InChI is InChI=1S/C17H30O3S/c18-17(19)6-4-2-1-3-5-15-11-20-12-16(15)9-10-21-13-14-7-8-14/h14-16H,1-13H2,(H,18,19)/t15-,16+/m0/s1. The van der Waals surface area contributed by atoms with Gasteiger partial charge < -0.3 is 9.84 Å². The molecule has 0 bridgehead atoms. The Balaban J connectivity index is 1.46. The van der Waals surface area contributed by atoms with Gasteiger partial charge in [0.1, 0.15) is 0 Å². The molecule has 21 heavy (non-hydrogen) atoms. The van der Waals surface area contributed by atoms with E-state index >= 15 is 0 Å². The van der Waals surface area contributed by atoms with Gasteiger partial charge in [-0.05, 0) is 61.4 Å². The van der Waals surface area contributed by atoms with Crippen molar-refractivity contribution in [1.29, 1.82) is 0 Å². The number of unbranched alkanes of at least 4 members (excludes halogenated alkanes) is 3. The summed E-state index contributed by atoms with van der Waals surface area (Å²) in [4.78, 5) is 10.4. The van der Waals surface area contributed by atoms with Gasteiger partial charge in [-0.25, -0.2) is 0 Å². The topological polar surface area (TPSA) is 46.5 Å². The molecule has 0 aromatic heterocycles. The Bertz CT molecular complexity index is 304. The maximum Gasteiger partial charge on any atom is 0.303 e. The van der Waals surface area contributed by atoms with Crippen LogP contribution in [0.4, 0.5) is 0 Å². The van der Waals surface area contributed by atoms with Gasteiger partial charge in [0, 0.05) is 19.6 Å². The van der Waals surface area contributed by atoms with E-state index in [0.717, 1.165) is 43.8 Å². The second-order valence-electron chi connectivity index (χ2n) is 6.71. The number of rotatable bonds is 12. The lowest BCUT2D eigenvalue weighted by atomic mass is 9.89. The molecule has 1 aliphatic heterocycles. The van der Waals surface area contributed by atoms with Gasteiger partial charge in [0.2, 0.25) is 0 Å². The molecule has 0 aromatic carbocycles. The van der Waals surface area contributed by atoms with Crippen molar-refractivity contribution in [1.82, 2.24) is 0 Å². The van der Waals surface area contributed by atoms with Gasteiger partial charge in [0.05, 0.1) is 0 Å². The van der Waals surface area contributed by atoms with Crippen molar-refractivity contribution < 1.29 is 14.6 Å². The predicted molar refractivity (Wildman–Crippen MR) is 87.8 cm³/mol. The van der Waals surface area contributed by atoms with Crippen molar-refractivity contribution >= 4 is 17.7 Å². The molecular weight excluding hydrogens is 284 g/mol. The minimum Gasteiger partial charge on any atom is -0.481 e. The molecule has 3 nitrogen and oxygen atoms in total. The average molecular weight is 314 g/mol. The number of aliphatic carboxylic acids is 1. The van der Waals surface area contributed by atoms with E-state index in [1.807, 2.05) is 0 Å². The summed E-state index contributed by atoms with van der Waals surface area (Å²) in [5, 5.41) is 8.60. The van der Waals surface area contributed by atoms with Crippen LogP contribution in [0.1, 0.15) is 57.8 Å². The Morgan fingerprint density at radius 1 is 1.05 bits per heavy atom. The summed E-state index contributed by atoms with van der Waals surface area (Å²) in [6, 6.07) is 0. The van der Waals surface area contributed by atoms with Crippen molar-refractivity contribution in [2.24, 2.45) is 17.8 Å². The van der Waals surface area contributed by atoms with Crippen molar-refractivity contribution in [3.05, 3.63) is 0 Å². The maximum absolute atomic E-state index is 10.4. The predicted octanol–water partition coefficient (Wildman–Crippen LogP) is 4.21. The molecule has 1 N–H and O–H groups in total. The van der Waals surface area contributed by atoms with E-state index in [4.69, 9.17) is 9.84 Å². The Morgan fingerprint density at radius 2 is 1.76 bits per heavy atom. The number of thioether (sulfide) groups is 1. The third kappa shape index (κ3) is 7.55. The molecule has 1 heterocycles. The normalized spacial score (nSPS) is 25.3. The number of carbonyl (C=O) groups is 1. The lowest BCUT2D eigenvalue weighted by molar-refractivity contribution is -0.137. The molecule has 2 rings (SSSR count). The van der Waals surface area contributed by atoms with Gasteiger partial charge in [-0.15, -0.1) is 0 Å². The first-order valence-corrected chi connectivity index (χ1v) is 9.78. The smallest absolute Gasteiger partial charge is 0.303 e. The first-order chi connectivity index (χ1) is 10.3. The van der Waals surface area contributed by atoms with E-state index in [9.17, 15) is 4.79 Å². The van der Waals surface area contributed by atoms with Crippen LogP contribution in [-0.2, 0) is 9.53 Å². The molecule has 0 aromatic rings. The SMILES string of the molecule is O=C(O)CCCCCC[C@H]1COC[C@H]1CCSCC1CC1. The lowest BCUT2D eigenvalue weighted by Crippen LogP contribution is -2.13. The highest BCUT2D eigenvalue weighted by atomic mass is 32.2. The summed E-state index contributed by atoms with van der Waals surface area (Å²) >= 11 is 2.14. The fourth-order valence-corrected chi connectivity index (χ4v) is 4.39. The van der Waals surface area contributed by atoms with E-state index in [1.54, 1.807) is 0 Å². The molecule has 2 fully saturated rings. The van der Waals surface area contributed by atoms with Gasteiger partial charge in [0.15, 0.2) is 0 Å². The van der Waals surface area contributed by atoms with Crippen LogP contribution < -0.4 is 0 Å². The van der Waals surface area contributed by atoms with E-state index in [2.05, 4.69) is 11.8 Å². The van der Waals surface area contributed by atoms with Crippen molar-refractivity contribution in [3.8, 4) is 0 Å². The summed E-state index contributed by atoms with van der Waals surface area (Å²) in [7, 11) is 0. The number of carboxylic acids is 1. The Morgan fingerprint density at radius 3 is 2.48 bits per heavy atom. The summed E-state index contributed by atoms with van der Waals surface area (Å²) < 4.78 is 5.68. The van der Waals surface area contributed by atoms with Gasteiger partial charge in [-0.3, -0.25) is 4.79 Å². The fourth-order valence-electron chi connectivity index (χ4n) is 3.09. The summed E-state index contributed by atoms with van der Waals surface area (Å²) in [5.74, 6) is 4.59. The van der Waals surface area contributed by atoms with Crippen molar-refractivity contribution in [2.45, 2.75) is 57.8 Å². The largest absolute Gasteiger partial charge is 0.481 e. The molecule has 0 radical (unpaired) electrons. The average Bonchev–Trinajstić information content (AvgIpc) is 3.18. The highest BCUT2D eigenvalue weighted by Gasteiger charge is 2.27. The van der Waals surface area contributed by atoms with Crippen molar-refractivity contribution in [2.75, 3.05) is 24.7 Å². The zero-order valence-electron chi connectivity index (χ0n) is 13.1. The molecule has 1 saturated carbocycles. The maximum atomic E-state index is 10.4. The molecule has 0 unspecified atom stereocenters. The first-order valence-electron chi connectivity index (χ1n) is 8.63. The molecule has 2 aliphatic rings. The number of carboxylic acid groups (broad SMARTS) is 1. The Kier molecular flexibility index (Phi) is 7.94. The highest BCUT2D eigenvalue weighted by Crippen LogP contribution is 2.34. The highest BCUT2D eigenvalue weighted by molar-refractivity contribution is 7.99. The summed E-state index contributed by atoms with van der Waals surface area (Å²) in [5.41, 5.74) is 0. The minimum atomic E-state index is -0.664. The number of hydrogen-bond acceptors (Lipinski definition) is 3. The van der Waals surface area contributed by atoms with E-state index < -0.39 is 5.97 Å². The molecule has 122 valence electrons. The molecule has 0 amide bonds. The monoisotopic (exact) mass is 314 g/mol. The second-order valence-corrected chi connectivity index (χ2v) is 7.86. The molecule has 2 atom stereocenters. The molecule has 1 saturated heterocycles. The van der Waals surface area contributed by atoms with Crippen LogP contribution in [0.25, 0.3) is 0 Å². The number of ether oxygens (including phenoxy) is 1.